The predicted molar refractivity (Wildman–Crippen MR) is 75.0 cm³/mol. The van der Waals surface area contributed by atoms with Gasteiger partial charge in [-0.15, -0.1) is 0 Å². The van der Waals surface area contributed by atoms with E-state index < -0.39 is 0 Å². The Kier molecular flexibility index (Phi) is 6.78. The monoisotopic (exact) mass is 244 g/mol. The highest BCUT2D eigenvalue weighted by molar-refractivity contribution is 7.98. The molecular weight excluding hydrogens is 216 g/mol. The van der Waals surface area contributed by atoms with E-state index in [0.29, 0.717) is 6.04 Å². The maximum atomic E-state index is 6.24. The Morgan fingerprint density at radius 1 is 1.38 bits per heavy atom. The van der Waals surface area contributed by atoms with Crippen LogP contribution in [0.2, 0.25) is 0 Å². The Balaban J connectivity index is 2.32. The Labute approximate surface area is 105 Å². The summed E-state index contributed by atoms with van der Waals surface area (Å²) in [7, 11) is 2.23. The van der Waals surface area contributed by atoms with Gasteiger partial charge in [-0.1, -0.05) is 13.3 Å². The molecule has 0 radical (unpaired) electrons. The molecule has 1 aliphatic carbocycles. The second kappa shape index (κ2) is 7.57. The van der Waals surface area contributed by atoms with Crippen LogP contribution >= 0.6 is 11.8 Å². The fourth-order valence-electron chi connectivity index (χ4n) is 2.70. The lowest BCUT2D eigenvalue weighted by molar-refractivity contribution is 0.176. The van der Waals surface area contributed by atoms with Crippen LogP contribution < -0.4 is 5.73 Å². The minimum absolute atomic E-state index is 0.444. The van der Waals surface area contributed by atoms with E-state index in [1.165, 1.54) is 44.5 Å². The van der Waals surface area contributed by atoms with E-state index >= 15 is 0 Å². The zero-order chi connectivity index (χ0) is 12.0. The van der Waals surface area contributed by atoms with Crippen molar-refractivity contribution in [1.82, 2.24) is 4.90 Å². The molecule has 0 aromatic rings. The number of hydrogen-bond donors (Lipinski definition) is 1. The summed E-state index contributed by atoms with van der Waals surface area (Å²) >= 11 is 1.92. The molecule has 0 aromatic carbocycles. The summed E-state index contributed by atoms with van der Waals surface area (Å²) in [5, 5.41) is 0. The van der Waals surface area contributed by atoms with Crippen molar-refractivity contribution in [2.75, 3.05) is 32.1 Å². The predicted octanol–water partition coefficient (Wildman–Crippen LogP) is 2.43. The summed E-state index contributed by atoms with van der Waals surface area (Å²) in [5.41, 5.74) is 6.24. The zero-order valence-electron chi connectivity index (χ0n) is 11.1. The molecule has 3 unspecified atom stereocenters. The van der Waals surface area contributed by atoms with Gasteiger partial charge in [-0.05, 0) is 44.4 Å². The number of nitrogens with two attached hydrogens (primary N) is 1. The van der Waals surface area contributed by atoms with Crippen LogP contribution in [0.5, 0.6) is 0 Å². The van der Waals surface area contributed by atoms with Crippen molar-refractivity contribution in [3.63, 3.8) is 0 Å². The highest BCUT2D eigenvalue weighted by Gasteiger charge is 2.27. The van der Waals surface area contributed by atoms with E-state index in [2.05, 4.69) is 25.1 Å². The molecule has 96 valence electrons. The number of hydrogen-bond acceptors (Lipinski definition) is 3. The van der Waals surface area contributed by atoms with Gasteiger partial charge in [0, 0.05) is 24.9 Å². The van der Waals surface area contributed by atoms with Crippen molar-refractivity contribution in [2.24, 2.45) is 17.6 Å². The molecule has 3 atom stereocenters. The van der Waals surface area contributed by atoms with Gasteiger partial charge in [0.1, 0.15) is 0 Å². The van der Waals surface area contributed by atoms with E-state index in [9.17, 15) is 0 Å². The van der Waals surface area contributed by atoms with Gasteiger partial charge in [0.25, 0.3) is 0 Å². The van der Waals surface area contributed by atoms with Gasteiger partial charge in [-0.3, -0.25) is 0 Å². The maximum absolute atomic E-state index is 6.24. The van der Waals surface area contributed by atoms with E-state index in [1.807, 2.05) is 11.8 Å². The molecular formula is C13H28N2S. The third-order valence-corrected chi connectivity index (χ3v) is 4.54. The molecule has 1 aliphatic rings. The number of thioether (sulfide) groups is 1. The van der Waals surface area contributed by atoms with Crippen molar-refractivity contribution < 1.29 is 0 Å². The molecule has 0 aliphatic heterocycles. The minimum atomic E-state index is 0.444. The molecule has 1 fully saturated rings. The average Bonchev–Trinajstić information content (AvgIpc) is 2.29. The van der Waals surface area contributed by atoms with Crippen molar-refractivity contribution in [3.05, 3.63) is 0 Å². The van der Waals surface area contributed by atoms with Crippen LogP contribution in [-0.4, -0.2) is 43.1 Å². The van der Waals surface area contributed by atoms with Gasteiger partial charge in [0.15, 0.2) is 0 Å². The fraction of sp³-hybridized carbons (Fsp3) is 1.00. The fourth-order valence-corrected chi connectivity index (χ4v) is 3.20. The Hall–Kier alpha value is 0.270. The molecule has 0 spiro atoms. The molecule has 16 heavy (non-hydrogen) atoms. The molecule has 2 N–H and O–H groups in total. The van der Waals surface area contributed by atoms with Crippen molar-refractivity contribution >= 4 is 11.8 Å². The molecule has 0 heterocycles. The summed E-state index contributed by atoms with van der Waals surface area (Å²) in [6.07, 6.45) is 7.44. The maximum Gasteiger partial charge on any atom is 0.00795 e. The summed E-state index contributed by atoms with van der Waals surface area (Å²) in [5.74, 6) is 2.89. The Bertz CT molecular complexity index is 187. The molecule has 3 heteroatoms. The van der Waals surface area contributed by atoms with Crippen molar-refractivity contribution in [3.8, 4) is 0 Å². The van der Waals surface area contributed by atoms with Crippen LogP contribution in [0.1, 0.15) is 32.6 Å². The smallest absolute Gasteiger partial charge is 0.00795 e. The molecule has 0 amide bonds. The van der Waals surface area contributed by atoms with Gasteiger partial charge in [0.05, 0.1) is 0 Å². The third-order valence-electron chi connectivity index (χ3n) is 3.95. The zero-order valence-corrected chi connectivity index (χ0v) is 11.9. The van der Waals surface area contributed by atoms with Crippen LogP contribution in [0.4, 0.5) is 0 Å². The van der Waals surface area contributed by atoms with Crippen LogP contribution in [0.15, 0.2) is 0 Å². The SMILES string of the molecule is CCC1CCC(N)C(CN(C)CCSC)C1. The third kappa shape index (κ3) is 4.64. The second-order valence-corrected chi connectivity index (χ2v) is 6.25. The Morgan fingerprint density at radius 3 is 2.75 bits per heavy atom. The lowest BCUT2D eigenvalue weighted by Gasteiger charge is -2.36. The molecule has 0 bridgehead atoms. The highest BCUT2D eigenvalue weighted by Crippen LogP contribution is 2.30. The van der Waals surface area contributed by atoms with Crippen LogP contribution in [0.25, 0.3) is 0 Å². The van der Waals surface area contributed by atoms with E-state index in [1.54, 1.807) is 0 Å². The van der Waals surface area contributed by atoms with E-state index in [-0.39, 0.29) is 0 Å². The van der Waals surface area contributed by atoms with Gasteiger partial charge in [0.2, 0.25) is 0 Å². The van der Waals surface area contributed by atoms with Gasteiger partial charge >= 0.3 is 0 Å². The van der Waals surface area contributed by atoms with E-state index in [0.717, 1.165) is 11.8 Å². The first-order chi connectivity index (χ1) is 7.67. The van der Waals surface area contributed by atoms with Gasteiger partial charge in [-0.2, -0.15) is 11.8 Å². The lowest BCUT2D eigenvalue weighted by Crippen LogP contribution is -2.42. The summed E-state index contributed by atoms with van der Waals surface area (Å²) < 4.78 is 0. The van der Waals surface area contributed by atoms with E-state index in [4.69, 9.17) is 5.73 Å². The average molecular weight is 244 g/mol. The van der Waals surface area contributed by atoms with Crippen molar-refractivity contribution in [2.45, 2.75) is 38.6 Å². The number of nitrogens with zero attached hydrogens (tertiary/aromatic N) is 1. The first kappa shape index (κ1) is 14.3. The molecule has 0 saturated heterocycles. The summed E-state index contributed by atoms with van der Waals surface area (Å²) in [6.45, 7) is 4.70. The molecule has 0 aromatic heterocycles. The second-order valence-electron chi connectivity index (χ2n) is 5.27. The molecule has 1 rings (SSSR count). The largest absolute Gasteiger partial charge is 0.327 e. The first-order valence-electron chi connectivity index (χ1n) is 6.60. The minimum Gasteiger partial charge on any atom is -0.327 e. The summed E-state index contributed by atoms with van der Waals surface area (Å²) in [6, 6.07) is 0.444. The summed E-state index contributed by atoms with van der Waals surface area (Å²) in [4.78, 5) is 2.46. The van der Waals surface area contributed by atoms with Crippen molar-refractivity contribution in [1.29, 1.82) is 0 Å². The van der Waals surface area contributed by atoms with Crippen LogP contribution in [-0.2, 0) is 0 Å². The highest BCUT2D eigenvalue weighted by atomic mass is 32.2. The molecule has 2 nitrogen and oxygen atoms in total. The van der Waals surface area contributed by atoms with Crippen LogP contribution in [0.3, 0.4) is 0 Å². The van der Waals surface area contributed by atoms with Gasteiger partial charge in [-0.25, -0.2) is 0 Å². The first-order valence-corrected chi connectivity index (χ1v) is 7.99. The van der Waals surface area contributed by atoms with Crippen LogP contribution in [0, 0.1) is 11.8 Å². The lowest BCUT2D eigenvalue weighted by atomic mass is 9.77. The van der Waals surface area contributed by atoms with Gasteiger partial charge < -0.3 is 10.6 Å². The normalized spacial score (nSPS) is 30.9. The standard InChI is InChI=1S/C13H28N2S/c1-4-11-5-6-13(14)12(9-11)10-15(2)7-8-16-3/h11-13H,4-10,14H2,1-3H3. The topological polar surface area (TPSA) is 29.3 Å². The molecule has 1 saturated carbocycles. The quantitative estimate of drug-likeness (QED) is 0.778. The number of rotatable bonds is 6. The Morgan fingerprint density at radius 2 is 2.12 bits per heavy atom.